The molecule has 0 fully saturated rings. The van der Waals surface area contributed by atoms with Crippen LogP contribution in [-0.2, 0) is 0 Å². The van der Waals surface area contributed by atoms with E-state index in [1.54, 1.807) is 6.07 Å². The molecule has 0 radical (unpaired) electrons. The highest BCUT2D eigenvalue weighted by molar-refractivity contribution is 6.34. The SMILES string of the molecule is N#Cc1cccc(N2C=CCNC2)c1Cl. The van der Waals surface area contributed by atoms with Crippen LogP contribution < -0.4 is 10.2 Å². The molecule has 1 aliphatic rings. The van der Waals surface area contributed by atoms with Crippen LogP contribution in [0.4, 0.5) is 5.69 Å². The van der Waals surface area contributed by atoms with Crippen LogP contribution in [0.25, 0.3) is 0 Å². The second-order valence-electron chi connectivity index (χ2n) is 3.22. The topological polar surface area (TPSA) is 39.1 Å². The van der Waals surface area contributed by atoms with Gasteiger partial charge in [0.25, 0.3) is 0 Å². The fourth-order valence-corrected chi connectivity index (χ4v) is 1.77. The van der Waals surface area contributed by atoms with E-state index in [9.17, 15) is 0 Å². The van der Waals surface area contributed by atoms with Crippen LogP contribution in [0, 0.1) is 11.3 Å². The molecule has 1 aliphatic heterocycles. The highest BCUT2D eigenvalue weighted by Crippen LogP contribution is 2.29. The molecule has 76 valence electrons. The summed E-state index contributed by atoms with van der Waals surface area (Å²) in [5.41, 5.74) is 1.37. The Morgan fingerprint density at radius 3 is 3.00 bits per heavy atom. The Balaban J connectivity index is 2.40. The Morgan fingerprint density at radius 2 is 2.33 bits per heavy atom. The Bertz CT molecular complexity index is 434. The van der Waals surface area contributed by atoms with E-state index < -0.39 is 0 Å². The molecule has 0 aromatic heterocycles. The molecule has 0 atom stereocenters. The molecule has 3 nitrogen and oxygen atoms in total. The number of benzene rings is 1. The van der Waals surface area contributed by atoms with Crippen molar-refractivity contribution in [3.05, 3.63) is 41.1 Å². The number of anilines is 1. The van der Waals surface area contributed by atoms with Gasteiger partial charge < -0.3 is 4.90 Å². The van der Waals surface area contributed by atoms with Gasteiger partial charge in [0.2, 0.25) is 0 Å². The monoisotopic (exact) mass is 219 g/mol. The molecule has 0 bridgehead atoms. The number of halogens is 1. The minimum atomic E-state index is 0.508. The molecule has 1 aromatic rings. The van der Waals surface area contributed by atoms with Crippen LogP contribution in [0.1, 0.15) is 5.56 Å². The van der Waals surface area contributed by atoms with E-state index in [-0.39, 0.29) is 0 Å². The van der Waals surface area contributed by atoms with Crippen LogP contribution in [0.2, 0.25) is 5.02 Å². The predicted octanol–water partition coefficient (Wildman–Crippen LogP) is 2.09. The number of hydrogen-bond acceptors (Lipinski definition) is 3. The van der Waals surface area contributed by atoms with Crippen molar-refractivity contribution in [3.63, 3.8) is 0 Å². The van der Waals surface area contributed by atoms with Gasteiger partial charge in [-0.25, -0.2) is 0 Å². The van der Waals surface area contributed by atoms with Crippen molar-refractivity contribution in [2.45, 2.75) is 0 Å². The molecule has 1 heterocycles. The van der Waals surface area contributed by atoms with Gasteiger partial charge in [0.05, 0.1) is 22.9 Å². The Labute approximate surface area is 93.6 Å². The third-order valence-corrected chi connectivity index (χ3v) is 2.64. The van der Waals surface area contributed by atoms with Gasteiger partial charge >= 0.3 is 0 Å². The van der Waals surface area contributed by atoms with E-state index >= 15 is 0 Å². The van der Waals surface area contributed by atoms with Crippen LogP contribution in [0.3, 0.4) is 0 Å². The quantitative estimate of drug-likeness (QED) is 0.786. The lowest BCUT2D eigenvalue weighted by molar-refractivity contribution is 0.722. The van der Waals surface area contributed by atoms with Crippen LogP contribution in [0.5, 0.6) is 0 Å². The van der Waals surface area contributed by atoms with Crippen molar-refractivity contribution in [1.82, 2.24) is 5.32 Å². The smallest absolute Gasteiger partial charge is 0.101 e. The largest absolute Gasteiger partial charge is 0.334 e. The summed E-state index contributed by atoms with van der Waals surface area (Å²) < 4.78 is 0. The number of hydrogen-bond donors (Lipinski definition) is 1. The highest BCUT2D eigenvalue weighted by Gasteiger charge is 2.11. The lowest BCUT2D eigenvalue weighted by Crippen LogP contribution is -2.34. The molecule has 1 N–H and O–H groups in total. The normalized spacial score (nSPS) is 15.1. The lowest BCUT2D eigenvalue weighted by Gasteiger charge is -2.25. The molecule has 0 saturated heterocycles. The molecular weight excluding hydrogens is 210 g/mol. The summed E-state index contributed by atoms with van der Waals surface area (Å²) in [6, 6.07) is 7.53. The first kappa shape index (κ1) is 10.0. The summed E-state index contributed by atoms with van der Waals surface area (Å²) in [6.07, 6.45) is 3.98. The molecular formula is C11H10ClN3. The molecule has 0 saturated carbocycles. The third-order valence-electron chi connectivity index (χ3n) is 2.24. The molecule has 0 spiro atoms. The van der Waals surface area contributed by atoms with Crippen molar-refractivity contribution >= 4 is 17.3 Å². The zero-order valence-corrected chi connectivity index (χ0v) is 8.83. The van der Waals surface area contributed by atoms with Crippen molar-refractivity contribution in [2.75, 3.05) is 18.1 Å². The summed E-state index contributed by atoms with van der Waals surface area (Å²) >= 11 is 6.12. The van der Waals surface area contributed by atoms with Gasteiger partial charge in [0.1, 0.15) is 6.07 Å². The van der Waals surface area contributed by atoms with Crippen molar-refractivity contribution < 1.29 is 0 Å². The fraction of sp³-hybridized carbons (Fsp3) is 0.182. The average Bonchev–Trinajstić information content (AvgIpc) is 2.30. The van der Waals surface area contributed by atoms with E-state index in [0.29, 0.717) is 17.3 Å². The first-order valence-corrected chi connectivity index (χ1v) is 5.03. The van der Waals surface area contributed by atoms with Gasteiger partial charge in [-0.3, -0.25) is 5.32 Å². The molecule has 2 rings (SSSR count). The average molecular weight is 220 g/mol. The maximum absolute atomic E-state index is 8.85. The number of rotatable bonds is 1. The van der Waals surface area contributed by atoms with E-state index in [2.05, 4.69) is 11.4 Å². The maximum Gasteiger partial charge on any atom is 0.101 e. The van der Waals surface area contributed by atoms with Crippen molar-refractivity contribution in [3.8, 4) is 6.07 Å². The number of nitrogens with one attached hydrogen (secondary N) is 1. The zero-order valence-electron chi connectivity index (χ0n) is 8.07. The molecule has 0 unspecified atom stereocenters. The van der Waals surface area contributed by atoms with E-state index in [1.807, 2.05) is 29.3 Å². The second-order valence-corrected chi connectivity index (χ2v) is 3.60. The van der Waals surface area contributed by atoms with Gasteiger partial charge in [-0.15, -0.1) is 0 Å². The van der Waals surface area contributed by atoms with E-state index in [0.717, 1.165) is 12.2 Å². The third kappa shape index (κ3) is 1.96. The summed E-state index contributed by atoms with van der Waals surface area (Å²) in [5.74, 6) is 0. The summed E-state index contributed by atoms with van der Waals surface area (Å²) in [4.78, 5) is 1.98. The summed E-state index contributed by atoms with van der Waals surface area (Å²) in [5, 5.41) is 12.6. The van der Waals surface area contributed by atoms with Gasteiger partial charge in [-0.05, 0) is 12.1 Å². The maximum atomic E-state index is 8.85. The fourth-order valence-electron chi connectivity index (χ4n) is 1.49. The molecule has 4 heteroatoms. The molecule has 0 amide bonds. The minimum absolute atomic E-state index is 0.508. The Kier molecular flexibility index (Phi) is 2.91. The number of nitriles is 1. The Hall–Kier alpha value is -1.50. The zero-order chi connectivity index (χ0) is 10.7. The lowest BCUT2D eigenvalue weighted by atomic mass is 10.2. The van der Waals surface area contributed by atoms with Gasteiger partial charge in [0, 0.05) is 12.7 Å². The van der Waals surface area contributed by atoms with Gasteiger partial charge in [-0.1, -0.05) is 23.7 Å². The first-order chi connectivity index (χ1) is 7.33. The van der Waals surface area contributed by atoms with Crippen LogP contribution in [-0.4, -0.2) is 13.2 Å². The van der Waals surface area contributed by atoms with E-state index in [4.69, 9.17) is 16.9 Å². The standard InChI is InChI=1S/C11H10ClN3/c12-11-9(7-13)3-1-4-10(11)15-6-2-5-14-8-15/h1-4,6,14H,5,8H2. The first-order valence-electron chi connectivity index (χ1n) is 4.65. The summed E-state index contributed by atoms with van der Waals surface area (Å²) in [6.45, 7) is 1.58. The minimum Gasteiger partial charge on any atom is -0.334 e. The van der Waals surface area contributed by atoms with Gasteiger partial charge in [-0.2, -0.15) is 5.26 Å². The van der Waals surface area contributed by atoms with Crippen LogP contribution in [0.15, 0.2) is 30.5 Å². The van der Waals surface area contributed by atoms with Crippen molar-refractivity contribution in [2.24, 2.45) is 0 Å². The second kappa shape index (κ2) is 4.35. The Morgan fingerprint density at radius 1 is 1.47 bits per heavy atom. The van der Waals surface area contributed by atoms with Gasteiger partial charge in [0.15, 0.2) is 0 Å². The van der Waals surface area contributed by atoms with Crippen LogP contribution >= 0.6 is 11.6 Å². The van der Waals surface area contributed by atoms with Crippen molar-refractivity contribution in [1.29, 1.82) is 5.26 Å². The summed E-state index contributed by atoms with van der Waals surface area (Å²) in [7, 11) is 0. The molecule has 0 aliphatic carbocycles. The predicted molar refractivity (Wildman–Crippen MR) is 60.7 cm³/mol. The van der Waals surface area contributed by atoms with E-state index in [1.165, 1.54) is 0 Å². The highest BCUT2D eigenvalue weighted by atomic mass is 35.5. The molecule has 1 aromatic carbocycles. The number of nitrogens with zero attached hydrogens (tertiary/aromatic N) is 2. The molecule has 15 heavy (non-hydrogen) atoms.